The molecule has 2 unspecified atom stereocenters. The van der Waals surface area contributed by atoms with Crippen molar-refractivity contribution in [2.75, 3.05) is 26.3 Å². The predicted molar refractivity (Wildman–Crippen MR) is 227 cm³/mol. The molecule has 58 heavy (non-hydrogen) atoms. The zero-order valence-corrected chi connectivity index (χ0v) is 36.9. The van der Waals surface area contributed by atoms with Gasteiger partial charge in [0.15, 0.2) is 5.75 Å². The summed E-state index contributed by atoms with van der Waals surface area (Å²) in [5.41, 5.74) is 2.39. The van der Waals surface area contributed by atoms with Crippen LogP contribution in [0.2, 0.25) is 15.1 Å². The Hall–Kier alpha value is -3.86. The first-order valence-electron chi connectivity index (χ1n) is 20.2. The summed E-state index contributed by atoms with van der Waals surface area (Å²) >= 11 is 19.5. The van der Waals surface area contributed by atoms with Crippen molar-refractivity contribution in [1.82, 2.24) is 14.7 Å². The maximum absolute atomic E-state index is 14.9. The van der Waals surface area contributed by atoms with Crippen LogP contribution in [0.5, 0.6) is 11.5 Å². The Morgan fingerprint density at radius 2 is 1.33 bits per heavy atom. The van der Waals surface area contributed by atoms with E-state index in [1.807, 2.05) is 95.8 Å². The van der Waals surface area contributed by atoms with Crippen molar-refractivity contribution in [3.05, 3.63) is 91.9 Å². The number of carbonyl (C=O) groups excluding carboxylic acids is 3. The minimum atomic E-state index is -0.673. The summed E-state index contributed by atoms with van der Waals surface area (Å²) in [5, 5.41) is 1.45. The fraction of sp³-hybridized carbons (Fsp3) is 0.533. The molecule has 0 bridgehead atoms. The second kappa shape index (κ2) is 18.2. The first-order chi connectivity index (χ1) is 27.3. The van der Waals surface area contributed by atoms with E-state index in [0.717, 1.165) is 47.9 Å². The lowest BCUT2D eigenvalue weighted by atomic mass is 9.79. The molecule has 6 rings (SSSR count). The highest BCUT2D eigenvalue weighted by molar-refractivity contribution is 6.37. The number of hydrogen-bond acceptors (Lipinski definition) is 7. The van der Waals surface area contributed by atoms with Crippen LogP contribution >= 0.6 is 34.8 Å². The average molecular weight is 857 g/mol. The monoisotopic (exact) mass is 855 g/mol. The maximum atomic E-state index is 14.9. The van der Waals surface area contributed by atoms with Gasteiger partial charge in [-0.1, -0.05) is 59.1 Å². The molecule has 2 aliphatic carbocycles. The molecule has 1 aliphatic heterocycles. The smallest absolute Gasteiger partial charge is 0.410 e. The molecule has 1 saturated heterocycles. The zero-order valence-electron chi connectivity index (χ0n) is 34.6. The predicted octanol–water partition coefficient (Wildman–Crippen LogP) is 10.8. The number of benzene rings is 3. The van der Waals surface area contributed by atoms with Gasteiger partial charge in [-0.3, -0.25) is 4.79 Å². The Balaban J connectivity index is 1.18. The van der Waals surface area contributed by atoms with E-state index in [9.17, 15) is 14.4 Å². The zero-order chi connectivity index (χ0) is 41.9. The summed E-state index contributed by atoms with van der Waals surface area (Å²) < 4.78 is 23.3. The van der Waals surface area contributed by atoms with Crippen LogP contribution < -0.4 is 9.47 Å². The molecule has 314 valence electrons. The molecule has 10 nitrogen and oxygen atoms in total. The van der Waals surface area contributed by atoms with E-state index < -0.39 is 23.2 Å². The van der Waals surface area contributed by atoms with Gasteiger partial charge in [0.05, 0.1) is 16.0 Å². The number of hydrogen-bond donors (Lipinski definition) is 0. The van der Waals surface area contributed by atoms with Crippen LogP contribution in [0.1, 0.15) is 102 Å². The summed E-state index contributed by atoms with van der Waals surface area (Å²) in [6.07, 6.45) is 3.49. The lowest BCUT2D eigenvalue weighted by Crippen LogP contribution is -2.51. The summed E-state index contributed by atoms with van der Waals surface area (Å²) in [6, 6.07) is 17.4. The van der Waals surface area contributed by atoms with Gasteiger partial charge in [0.2, 0.25) is 5.91 Å². The number of piperidine rings is 1. The van der Waals surface area contributed by atoms with E-state index in [1.54, 1.807) is 21.9 Å². The van der Waals surface area contributed by atoms with E-state index >= 15 is 0 Å². The summed E-state index contributed by atoms with van der Waals surface area (Å²) in [7, 11) is 0. The fourth-order valence-corrected chi connectivity index (χ4v) is 8.18. The number of nitrogens with zero attached hydrogens (tertiary/aromatic N) is 3. The number of rotatable bonds is 13. The third-order valence-corrected chi connectivity index (χ3v) is 11.3. The molecule has 1 heterocycles. The first kappa shape index (κ1) is 43.7. The molecule has 3 fully saturated rings. The van der Waals surface area contributed by atoms with Crippen molar-refractivity contribution in [1.29, 1.82) is 0 Å². The normalized spacial score (nSPS) is 18.3. The molecule has 2 atom stereocenters. The summed E-state index contributed by atoms with van der Waals surface area (Å²) in [4.78, 5) is 46.8. The highest BCUT2D eigenvalue weighted by Gasteiger charge is 2.43. The third-order valence-electron chi connectivity index (χ3n) is 10.3. The van der Waals surface area contributed by atoms with Crippen molar-refractivity contribution < 1.29 is 33.3 Å². The Kier molecular flexibility index (Phi) is 13.7. The highest BCUT2D eigenvalue weighted by Crippen LogP contribution is 2.40. The quantitative estimate of drug-likeness (QED) is 0.158. The largest absolute Gasteiger partial charge is 0.490 e. The average Bonchev–Trinajstić information content (AvgIpc) is 4.07. The summed E-state index contributed by atoms with van der Waals surface area (Å²) in [6.45, 7) is 14.9. The first-order valence-corrected chi connectivity index (χ1v) is 21.3. The fourth-order valence-electron chi connectivity index (χ4n) is 7.30. The number of aryl methyl sites for hydroxylation is 1. The number of carbonyl (C=O) groups is 3. The Morgan fingerprint density at radius 3 is 1.93 bits per heavy atom. The second-order valence-corrected chi connectivity index (χ2v) is 18.9. The van der Waals surface area contributed by atoms with Crippen LogP contribution in [0, 0.1) is 12.8 Å². The number of amides is 3. The molecule has 3 aliphatic rings. The molecule has 0 spiro atoms. The SMILES string of the molecule is Cc1cc(Cl)c(OCCOc2ccc(C3CCN(C(=O)OC(C)(C)C)CC3C(=O)N(Cc3cc(CN(C(=O)OC(C)(C)C)C4CC4)ccc3Cl)C3CC3)cc2)c(Cl)c1. The number of likely N-dealkylation sites (tertiary alicyclic amines) is 1. The van der Waals surface area contributed by atoms with Gasteiger partial charge in [-0.05, 0) is 139 Å². The van der Waals surface area contributed by atoms with Crippen molar-refractivity contribution in [3.8, 4) is 11.5 Å². The molecular formula is C45H56Cl3N3O7. The van der Waals surface area contributed by atoms with Gasteiger partial charge in [-0.2, -0.15) is 0 Å². The van der Waals surface area contributed by atoms with E-state index in [-0.39, 0.29) is 49.8 Å². The lowest BCUT2D eigenvalue weighted by molar-refractivity contribution is -0.139. The summed E-state index contributed by atoms with van der Waals surface area (Å²) in [5.74, 6) is 0.379. The van der Waals surface area contributed by atoms with E-state index in [0.29, 0.717) is 52.6 Å². The molecule has 13 heteroatoms. The lowest BCUT2D eigenvalue weighted by Gasteiger charge is -2.40. The Labute approximate surface area is 358 Å². The van der Waals surface area contributed by atoms with E-state index in [1.165, 1.54) is 0 Å². The minimum absolute atomic E-state index is 0.0264. The number of halogens is 3. The Bertz CT molecular complexity index is 1930. The molecule has 3 aromatic carbocycles. The van der Waals surface area contributed by atoms with Crippen LogP contribution in [-0.2, 0) is 27.4 Å². The topological polar surface area (TPSA) is 97.8 Å². The third kappa shape index (κ3) is 11.9. The van der Waals surface area contributed by atoms with Gasteiger partial charge in [-0.15, -0.1) is 0 Å². The van der Waals surface area contributed by atoms with E-state index in [4.69, 9.17) is 53.8 Å². The van der Waals surface area contributed by atoms with Gasteiger partial charge in [0.25, 0.3) is 0 Å². The minimum Gasteiger partial charge on any atom is -0.490 e. The van der Waals surface area contributed by atoms with Crippen molar-refractivity contribution in [3.63, 3.8) is 0 Å². The van der Waals surface area contributed by atoms with Gasteiger partial charge in [0.1, 0.15) is 30.2 Å². The standard InChI is InChI=1S/C45H56Cl3N3O7/c1-28-22-38(47)40(39(48)23-28)56-21-20-55-34-15-9-30(10-16-34)35-18-19-49(42(53)57-44(2,3)4)27-36(35)41(52)50(32-11-12-32)26-31-24-29(8-17-37(31)46)25-51(33-13-14-33)43(54)58-45(5,6)7/h8-10,15-17,22-24,32-33,35-36H,11-14,18-21,25-27H2,1-7H3. The van der Waals surface area contributed by atoms with Gasteiger partial charge < -0.3 is 33.6 Å². The van der Waals surface area contributed by atoms with Crippen molar-refractivity contribution in [2.45, 2.75) is 123 Å². The van der Waals surface area contributed by atoms with Crippen LogP contribution in [0.4, 0.5) is 9.59 Å². The molecule has 0 aromatic heterocycles. The molecule has 3 amide bonds. The van der Waals surface area contributed by atoms with Crippen LogP contribution in [0.15, 0.2) is 54.6 Å². The van der Waals surface area contributed by atoms with Gasteiger partial charge in [-0.25, -0.2) is 9.59 Å². The van der Waals surface area contributed by atoms with Crippen molar-refractivity contribution >= 4 is 52.9 Å². The maximum Gasteiger partial charge on any atom is 0.410 e. The van der Waals surface area contributed by atoms with Gasteiger partial charge in [0, 0.05) is 43.3 Å². The molecule has 0 N–H and O–H groups in total. The highest BCUT2D eigenvalue weighted by atomic mass is 35.5. The van der Waals surface area contributed by atoms with E-state index in [2.05, 4.69) is 0 Å². The van der Waals surface area contributed by atoms with Crippen LogP contribution in [0.25, 0.3) is 0 Å². The molecular weight excluding hydrogens is 801 g/mol. The molecule has 2 saturated carbocycles. The molecule has 0 radical (unpaired) electrons. The molecule has 3 aromatic rings. The Morgan fingerprint density at radius 1 is 0.724 bits per heavy atom. The van der Waals surface area contributed by atoms with Crippen LogP contribution in [-0.4, -0.2) is 82.4 Å². The van der Waals surface area contributed by atoms with Crippen molar-refractivity contribution in [2.24, 2.45) is 5.92 Å². The van der Waals surface area contributed by atoms with Gasteiger partial charge >= 0.3 is 12.2 Å². The second-order valence-electron chi connectivity index (χ2n) is 17.7. The number of ether oxygens (including phenoxy) is 4. The van der Waals surface area contributed by atoms with Crippen LogP contribution in [0.3, 0.4) is 0 Å².